The Morgan fingerprint density at radius 1 is 1.34 bits per heavy atom. The van der Waals surface area contributed by atoms with Crippen molar-refractivity contribution >= 4 is 40.8 Å². The van der Waals surface area contributed by atoms with Crippen LogP contribution in [0.15, 0.2) is 36.5 Å². The van der Waals surface area contributed by atoms with Crippen molar-refractivity contribution < 1.29 is 23.9 Å². The van der Waals surface area contributed by atoms with Gasteiger partial charge in [0.2, 0.25) is 11.5 Å². The van der Waals surface area contributed by atoms with Crippen LogP contribution in [0, 0.1) is 5.82 Å². The minimum absolute atomic E-state index is 0.0983. The monoisotopic (exact) mass is 420 g/mol. The predicted octanol–water partition coefficient (Wildman–Crippen LogP) is 1.62. The van der Waals surface area contributed by atoms with Crippen LogP contribution in [0.4, 0.5) is 15.9 Å². The summed E-state index contributed by atoms with van der Waals surface area (Å²) in [5.74, 6) is -2.20. The largest absolute Gasteiger partial charge is 0.372 e. The van der Waals surface area contributed by atoms with Crippen LogP contribution in [0.1, 0.15) is 18.9 Å². The van der Waals surface area contributed by atoms with E-state index in [9.17, 15) is 23.9 Å². The number of hydrogen-bond donors (Lipinski definition) is 3. The average Bonchev–Trinajstić information content (AvgIpc) is 2.95. The molecule has 8 nitrogen and oxygen atoms in total. The van der Waals surface area contributed by atoms with Gasteiger partial charge in [0.15, 0.2) is 0 Å². The smallest absolute Gasteiger partial charge is 0.268 e. The predicted molar refractivity (Wildman–Crippen MR) is 104 cm³/mol. The van der Waals surface area contributed by atoms with Crippen LogP contribution >= 0.6 is 11.6 Å². The van der Waals surface area contributed by atoms with Crippen molar-refractivity contribution in [3.63, 3.8) is 0 Å². The molecule has 2 aromatic rings. The molecule has 3 amide bonds. The second kappa shape index (κ2) is 8.14. The summed E-state index contributed by atoms with van der Waals surface area (Å²) in [6.45, 7) is 1.35. The number of amides is 3. The molecule has 0 bridgehead atoms. The van der Waals surface area contributed by atoms with Crippen LogP contribution < -0.4 is 15.5 Å². The maximum atomic E-state index is 13.4. The van der Waals surface area contributed by atoms with Gasteiger partial charge in [-0.3, -0.25) is 14.4 Å². The van der Waals surface area contributed by atoms with Gasteiger partial charge >= 0.3 is 0 Å². The molecule has 3 N–H and O–H groups in total. The zero-order valence-corrected chi connectivity index (χ0v) is 16.2. The molecule has 0 aliphatic carbocycles. The van der Waals surface area contributed by atoms with E-state index in [2.05, 4.69) is 15.6 Å². The SMILES string of the molecule is CC(=O)Nc1ccc(N2CC[C@](O)(C(=O)NCc3cc(F)cc(Cl)c3)C2=O)cn1. The number of pyridine rings is 1. The molecule has 0 unspecified atom stereocenters. The van der Waals surface area contributed by atoms with E-state index in [1.807, 2.05) is 0 Å². The molecule has 3 rings (SSSR count). The minimum Gasteiger partial charge on any atom is -0.372 e. The molecule has 1 aliphatic rings. The number of carbonyl (C=O) groups is 3. The Hall–Kier alpha value is -3.04. The molecule has 1 fully saturated rings. The molecule has 29 heavy (non-hydrogen) atoms. The van der Waals surface area contributed by atoms with Crippen molar-refractivity contribution in [3.8, 4) is 0 Å². The number of aliphatic hydroxyl groups is 1. The number of rotatable bonds is 5. The van der Waals surface area contributed by atoms with E-state index in [1.165, 1.54) is 36.2 Å². The summed E-state index contributed by atoms with van der Waals surface area (Å²) in [6.07, 6.45) is 1.25. The Labute approximate surface area is 170 Å². The molecule has 0 saturated carbocycles. The van der Waals surface area contributed by atoms with E-state index in [4.69, 9.17) is 11.6 Å². The highest BCUT2D eigenvalue weighted by Gasteiger charge is 2.51. The van der Waals surface area contributed by atoms with E-state index in [0.717, 1.165) is 6.07 Å². The number of carbonyl (C=O) groups excluding carboxylic acids is 3. The van der Waals surface area contributed by atoms with Crippen molar-refractivity contribution in [2.75, 3.05) is 16.8 Å². The Kier molecular flexibility index (Phi) is 5.81. The Bertz CT molecular complexity index is 949. The summed E-state index contributed by atoms with van der Waals surface area (Å²) in [4.78, 5) is 41.5. The van der Waals surface area contributed by atoms with Crippen LogP contribution in [0.25, 0.3) is 0 Å². The molecular formula is C19H18ClFN4O4. The fraction of sp³-hybridized carbons (Fsp3) is 0.263. The van der Waals surface area contributed by atoms with Gasteiger partial charge < -0.3 is 20.6 Å². The number of nitrogens with one attached hydrogen (secondary N) is 2. The van der Waals surface area contributed by atoms with Crippen molar-refractivity contribution in [3.05, 3.63) is 52.9 Å². The highest BCUT2D eigenvalue weighted by Crippen LogP contribution is 2.29. The lowest BCUT2D eigenvalue weighted by Crippen LogP contribution is -2.52. The van der Waals surface area contributed by atoms with Gasteiger partial charge in [-0.1, -0.05) is 11.6 Å². The third kappa shape index (κ3) is 4.52. The maximum absolute atomic E-state index is 13.4. The van der Waals surface area contributed by atoms with Gasteiger partial charge in [-0.15, -0.1) is 0 Å². The second-order valence-corrected chi connectivity index (χ2v) is 7.05. The van der Waals surface area contributed by atoms with Gasteiger partial charge in [-0.2, -0.15) is 0 Å². The fourth-order valence-corrected chi connectivity index (χ4v) is 3.25. The minimum atomic E-state index is -2.24. The van der Waals surface area contributed by atoms with E-state index in [-0.39, 0.29) is 30.4 Å². The summed E-state index contributed by atoms with van der Waals surface area (Å²) in [5.41, 5.74) is -1.47. The van der Waals surface area contributed by atoms with E-state index >= 15 is 0 Å². The maximum Gasteiger partial charge on any atom is 0.268 e. The van der Waals surface area contributed by atoms with E-state index in [0.29, 0.717) is 17.1 Å². The van der Waals surface area contributed by atoms with Crippen molar-refractivity contribution in [1.29, 1.82) is 0 Å². The molecule has 1 aromatic heterocycles. The number of aromatic nitrogens is 1. The topological polar surface area (TPSA) is 112 Å². The van der Waals surface area contributed by atoms with Crippen molar-refractivity contribution in [2.24, 2.45) is 0 Å². The first-order valence-corrected chi connectivity index (χ1v) is 9.08. The summed E-state index contributed by atoms with van der Waals surface area (Å²) in [5, 5.41) is 15.8. The highest BCUT2D eigenvalue weighted by molar-refractivity contribution is 6.30. The van der Waals surface area contributed by atoms with E-state index in [1.54, 1.807) is 6.07 Å². The molecule has 1 aliphatic heterocycles. The summed E-state index contributed by atoms with van der Waals surface area (Å²) >= 11 is 5.78. The van der Waals surface area contributed by atoms with Crippen molar-refractivity contribution in [1.82, 2.24) is 10.3 Å². The lowest BCUT2D eigenvalue weighted by Gasteiger charge is -2.21. The van der Waals surface area contributed by atoms with Crippen LogP contribution in [0.2, 0.25) is 5.02 Å². The summed E-state index contributed by atoms with van der Waals surface area (Å²) in [7, 11) is 0. The van der Waals surface area contributed by atoms with Crippen LogP contribution in [0.3, 0.4) is 0 Å². The van der Waals surface area contributed by atoms with Gasteiger partial charge in [-0.05, 0) is 35.9 Å². The van der Waals surface area contributed by atoms with Crippen LogP contribution in [-0.2, 0) is 20.9 Å². The normalized spacial score (nSPS) is 18.6. The molecule has 0 spiro atoms. The zero-order chi connectivity index (χ0) is 21.2. The van der Waals surface area contributed by atoms with Gasteiger partial charge in [0, 0.05) is 31.5 Å². The first-order valence-electron chi connectivity index (χ1n) is 8.70. The fourth-order valence-electron chi connectivity index (χ4n) is 3.00. The third-order valence-electron chi connectivity index (χ3n) is 4.41. The standard InChI is InChI=1S/C19H18ClFN4O4/c1-11(26)24-16-3-2-15(10-22-16)25-5-4-19(29,18(25)28)17(27)23-9-12-6-13(20)8-14(21)7-12/h2-3,6-8,10,29H,4-5,9H2,1H3,(H,23,27)(H,22,24,26)/t19-/m0/s1. The lowest BCUT2D eigenvalue weighted by molar-refractivity contribution is -0.149. The first kappa shape index (κ1) is 20.7. The number of benzene rings is 1. The van der Waals surface area contributed by atoms with Crippen LogP contribution in [0.5, 0.6) is 0 Å². The highest BCUT2D eigenvalue weighted by atomic mass is 35.5. The summed E-state index contributed by atoms with van der Waals surface area (Å²) < 4.78 is 13.4. The molecule has 2 heterocycles. The van der Waals surface area contributed by atoms with Gasteiger partial charge in [0.1, 0.15) is 11.6 Å². The first-order chi connectivity index (χ1) is 13.7. The van der Waals surface area contributed by atoms with Gasteiger partial charge in [0.25, 0.3) is 11.8 Å². The lowest BCUT2D eigenvalue weighted by atomic mass is 10.0. The quantitative estimate of drug-likeness (QED) is 0.636. The second-order valence-electron chi connectivity index (χ2n) is 6.61. The third-order valence-corrected chi connectivity index (χ3v) is 4.63. The Morgan fingerprint density at radius 3 is 2.72 bits per heavy atom. The number of hydrogen-bond acceptors (Lipinski definition) is 5. The molecular weight excluding hydrogens is 403 g/mol. The van der Waals surface area contributed by atoms with Crippen LogP contribution in [-0.4, -0.2) is 40.0 Å². The van der Waals surface area contributed by atoms with E-state index < -0.39 is 23.2 Å². The van der Waals surface area contributed by atoms with Crippen molar-refractivity contribution in [2.45, 2.75) is 25.5 Å². The molecule has 1 atom stereocenters. The molecule has 1 aromatic carbocycles. The average molecular weight is 421 g/mol. The Balaban J connectivity index is 1.68. The van der Waals surface area contributed by atoms with Gasteiger partial charge in [0.05, 0.1) is 11.9 Å². The Morgan fingerprint density at radius 2 is 2.10 bits per heavy atom. The number of halogens is 2. The number of nitrogens with zero attached hydrogens (tertiary/aromatic N) is 2. The zero-order valence-electron chi connectivity index (χ0n) is 15.4. The van der Waals surface area contributed by atoms with Gasteiger partial charge in [-0.25, -0.2) is 9.37 Å². The molecule has 1 saturated heterocycles. The molecule has 0 radical (unpaired) electrons. The number of anilines is 2. The molecule has 152 valence electrons. The molecule has 10 heteroatoms. The summed E-state index contributed by atoms with van der Waals surface area (Å²) in [6, 6.07) is 6.86.